The number of carboxylic acid groups (broad SMARTS) is 1. The van der Waals surface area contributed by atoms with E-state index in [9.17, 15) is 14.0 Å². The standard InChI is InChI=1S/C20H22FNO5/c1-22(13-15-7-9-17(10-8-15)27-14-20(24)25)19(23)6-3-11-26-18-5-2-4-16(21)12-18/h2,4-5,7-10,12H,3,6,11,13-14H2,1H3,(H,24,25). The zero-order chi connectivity index (χ0) is 19.6. The van der Waals surface area contributed by atoms with Crippen LogP contribution in [0.25, 0.3) is 0 Å². The Morgan fingerprint density at radius 2 is 1.81 bits per heavy atom. The predicted molar refractivity (Wildman–Crippen MR) is 97.2 cm³/mol. The van der Waals surface area contributed by atoms with E-state index in [0.717, 1.165) is 5.56 Å². The number of carboxylic acids is 1. The molecule has 27 heavy (non-hydrogen) atoms. The first-order valence-corrected chi connectivity index (χ1v) is 8.50. The monoisotopic (exact) mass is 375 g/mol. The molecule has 6 nitrogen and oxygen atoms in total. The van der Waals surface area contributed by atoms with E-state index in [1.165, 1.54) is 12.1 Å². The molecule has 2 rings (SSSR count). The quantitative estimate of drug-likeness (QED) is 0.646. The van der Waals surface area contributed by atoms with Crippen LogP contribution in [-0.2, 0) is 16.1 Å². The number of hydrogen-bond acceptors (Lipinski definition) is 4. The average molecular weight is 375 g/mol. The Morgan fingerprint density at radius 1 is 1.07 bits per heavy atom. The fraction of sp³-hybridized carbons (Fsp3) is 0.300. The zero-order valence-electron chi connectivity index (χ0n) is 15.1. The van der Waals surface area contributed by atoms with E-state index in [1.54, 1.807) is 48.3 Å². The van der Waals surface area contributed by atoms with Crippen molar-refractivity contribution in [2.75, 3.05) is 20.3 Å². The van der Waals surface area contributed by atoms with Crippen LogP contribution in [0.4, 0.5) is 4.39 Å². The van der Waals surface area contributed by atoms with Gasteiger partial charge in [-0.2, -0.15) is 0 Å². The number of benzene rings is 2. The molecule has 0 saturated heterocycles. The fourth-order valence-corrected chi connectivity index (χ4v) is 2.36. The number of nitrogens with zero attached hydrogens (tertiary/aromatic N) is 1. The van der Waals surface area contributed by atoms with Gasteiger partial charge in [0.1, 0.15) is 17.3 Å². The molecule has 0 unspecified atom stereocenters. The largest absolute Gasteiger partial charge is 0.493 e. The minimum atomic E-state index is -1.04. The number of aliphatic carboxylic acids is 1. The van der Waals surface area contributed by atoms with Crippen molar-refractivity contribution in [2.24, 2.45) is 0 Å². The maximum absolute atomic E-state index is 13.0. The lowest BCUT2D eigenvalue weighted by Crippen LogP contribution is -2.26. The van der Waals surface area contributed by atoms with Gasteiger partial charge in [0.15, 0.2) is 6.61 Å². The van der Waals surface area contributed by atoms with Crippen LogP contribution in [0.1, 0.15) is 18.4 Å². The summed E-state index contributed by atoms with van der Waals surface area (Å²) in [4.78, 5) is 24.3. The minimum absolute atomic E-state index is 0.0240. The summed E-state index contributed by atoms with van der Waals surface area (Å²) in [7, 11) is 1.71. The van der Waals surface area contributed by atoms with Gasteiger partial charge in [-0.1, -0.05) is 18.2 Å². The second-order valence-corrected chi connectivity index (χ2v) is 5.99. The molecule has 0 radical (unpaired) electrons. The highest BCUT2D eigenvalue weighted by Crippen LogP contribution is 2.15. The van der Waals surface area contributed by atoms with Gasteiger partial charge >= 0.3 is 5.97 Å². The molecule has 0 saturated carbocycles. The average Bonchev–Trinajstić information content (AvgIpc) is 2.64. The fourth-order valence-electron chi connectivity index (χ4n) is 2.36. The van der Waals surface area contributed by atoms with Gasteiger partial charge in [0.05, 0.1) is 6.61 Å². The van der Waals surface area contributed by atoms with E-state index in [4.69, 9.17) is 14.6 Å². The molecular formula is C20H22FNO5. The molecule has 0 heterocycles. The lowest BCUT2D eigenvalue weighted by molar-refractivity contribution is -0.139. The van der Waals surface area contributed by atoms with Crippen molar-refractivity contribution in [1.29, 1.82) is 0 Å². The molecule has 0 aromatic heterocycles. The van der Waals surface area contributed by atoms with Crippen LogP contribution in [0, 0.1) is 5.82 Å². The van der Waals surface area contributed by atoms with E-state index < -0.39 is 12.6 Å². The van der Waals surface area contributed by atoms with Crippen LogP contribution >= 0.6 is 0 Å². The second kappa shape index (κ2) is 10.2. The maximum Gasteiger partial charge on any atom is 0.341 e. The van der Waals surface area contributed by atoms with Crippen LogP contribution in [0.2, 0.25) is 0 Å². The van der Waals surface area contributed by atoms with Gasteiger partial charge < -0.3 is 19.5 Å². The molecule has 0 bridgehead atoms. The summed E-state index contributed by atoms with van der Waals surface area (Å²) in [6.07, 6.45) is 0.854. The molecule has 144 valence electrons. The molecule has 2 aromatic rings. The lowest BCUT2D eigenvalue weighted by atomic mass is 10.2. The van der Waals surface area contributed by atoms with Crippen molar-refractivity contribution in [1.82, 2.24) is 4.90 Å². The second-order valence-electron chi connectivity index (χ2n) is 5.99. The summed E-state index contributed by atoms with van der Waals surface area (Å²) >= 11 is 0. The Bertz CT molecular complexity index is 763. The molecule has 0 fully saturated rings. The number of halogens is 1. The zero-order valence-corrected chi connectivity index (χ0v) is 15.1. The van der Waals surface area contributed by atoms with E-state index in [0.29, 0.717) is 37.5 Å². The SMILES string of the molecule is CN(Cc1ccc(OCC(=O)O)cc1)C(=O)CCCOc1cccc(F)c1. The highest BCUT2D eigenvalue weighted by atomic mass is 19.1. The van der Waals surface area contributed by atoms with Crippen LogP contribution in [-0.4, -0.2) is 42.1 Å². The van der Waals surface area contributed by atoms with E-state index in [-0.39, 0.29) is 11.7 Å². The Kier molecular flexibility index (Phi) is 7.61. The molecule has 2 aromatic carbocycles. The normalized spacial score (nSPS) is 10.3. The molecule has 0 aliphatic rings. The summed E-state index contributed by atoms with van der Waals surface area (Å²) in [5, 5.41) is 8.58. The third kappa shape index (κ3) is 7.35. The molecular weight excluding hydrogens is 353 g/mol. The third-order valence-electron chi connectivity index (χ3n) is 3.73. The van der Waals surface area contributed by atoms with Gasteiger partial charge in [-0.15, -0.1) is 0 Å². The molecule has 7 heteroatoms. The first kappa shape index (κ1) is 20.2. The van der Waals surface area contributed by atoms with E-state index >= 15 is 0 Å². The summed E-state index contributed by atoms with van der Waals surface area (Å²) in [5.74, 6) is -0.511. The van der Waals surface area contributed by atoms with Crippen molar-refractivity contribution in [2.45, 2.75) is 19.4 Å². The van der Waals surface area contributed by atoms with Crippen LogP contribution in [0.15, 0.2) is 48.5 Å². The van der Waals surface area contributed by atoms with Crippen molar-refractivity contribution in [3.05, 3.63) is 59.9 Å². The van der Waals surface area contributed by atoms with E-state index in [1.807, 2.05) is 0 Å². The van der Waals surface area contributed by atoms with Crippen molar-refractivity contribution >= 4 is 11.9 Å². The minimum Gasteiger partial charge on any atom is -0.493 e. The van der Waals surface area contributed by atoms with E-state index in [2.05, 4.69) is 0 Å². The molecule has 0 aliphatic carbocycles. The first-order valence-electron chi connectivity index (χ1n) is 8.50. The molecule has 0 atom stereocenters. The number of amides is 1. The Hall–Kier alpha value is -3.09. The van der Waals surface area contributed by atoms with Crippen molar-refractivity contribution in [3.63, 3.8) is 0 Å². The number of hydrogen-bond donors (Lipinski definition) is 1. The summed E-state index contributed by atoms with van der Waals surface area (Å²) in [5.41, 5.74) is 0.907. The molecule has 1 N–H and O–H groups in total. The Balaban J connectivity index is 1.70. The lowest BCUT2D eigenvalue weighted by Gasteiger charge is -2.17. The van der Waals surface area contributed by atoms with Crippen LogP contribution < -0.4 is 9.47 Å². The van der Waals surface area contributed by atoms with Gasteiger partial charge in [0, 0.05) is 26.1 Å². The maximum atomic E-state index is 13.0. The predicted octanol–water partition coefficient (Wildman–Crippen LogP) is 3.11. The topological polar surface area (TPSA) is 76.1 Å². The van der Waals surface area contributed by atoms with Gasteiger partial charge in [0.2, 0.25) is 5.91 Å². The smallest absolute Gasteiger partial charge is 0.341 e. The molecule has 0 spiro atoms. The van der Waals surface area contributed by atoms with Gasteiger partial charge in [0.25, 0.3) is 0 Å². The Morgan fingerprint density at radius 3 is 2.48 bits per heavy atom. The number of carbonyl (C=O) groups excluding carboxylic acids is 1. The molecule has 1 amide bonds. The van der Waals surface area contributed by atoms with Crippen molar-refractivity contribution in [3.8, 4) is 11.5 Å². The number of ether oxygens (including phenoxy) is 2. The number of carbonyl (C=O) groups is 2. The van der Waals surface area contributed by atoms with Gasteiger partial charge in [-0.25, -0.2) is 9.18 Å². The van der Waals surface area contributed by atoms with Crippen molar-refractivity contribution < 1.29 is 28.6 Å². The van der Waals surface area contributed by atoms with Gasteiger partial charge in [-0.05, 0) is 36.2 Å². The van der Waals surface area contributed by atoms with Crippen LogP contribution in [0.3, 0.4) is 0 Å². The summed E-state index contributed by atoms with van der Waals surface area (Å²) < 4.78 is 23.5. The third-order valence-corrected chi connectivity index (χ3v) is 3.73. The first-order chi connectivity index (χ1) is 12.9. The number of rotatable bonds is 10. The Labute approximate surface area is 157 Å². The summed E-state index contributed by atoms with van der Waals surface area (Å²) in [6.45, 7) is 0.372. The highest BCUT2D eigenvalue weighted by molar-refractivity contribution is 5.75. The van der Waals surface area contributed by atoms with Gasteiger partial charge in [-0.3, -0.25) is 4.79 Å². The van der Waals surface area contributed by atoms with Crippen LogP contribution in [0.5, 0.6) is 11.5 Å². The molecule has 0 aliphatic heterocycles. The highest BCUT2D eigenvalue weighted by Gasteiger charge is 2.10. The summed E-state index contributed by atoms with van der Waals surface area (Å²) in [6, 6.07) is 12.8.